The Morgan fingerprint density at radius 1 is 1.19 bits per heavy atom. The number of hydrogen-bond donors (Lipinski definition) is 1. The molecule has 3 unspecified atom stereocenters. The normalized spacial score (nSPS) is 42.2. The van der Waals surface area contributed by atoms with Crippen LogP contribution in [0.1, 0.15) is 51.0 Å². The highest BCUT2D eigenvalue weighted by atomic mass is 79.9. The molecule has 1 aromatic carbocycles. The summed E-state index contributed by atoms with van der Waals surface area (Å²) in [5.41, 5.74) is 9.21. The van der Waals surface area contributed by atoms with Crippen molar-refractivity contribution >= 4 is 15.9 Å². The average molecular weight is 348 g/mol. The molecule has 0 saturated heterocycles. The van der Waals surface area contributed by atoms with E-state index in [0.29, 0.717) is 16.9 Å². The van der Waals surface area contributed by atoms with Crippen LogP contribution < -0.4 is 5.73 Å². The van der Waals surface area contributed by atoms with Crippen molar-refractivity contribution in [3.63, 3.8) is 0 Å². The van der Waals surface area contributed by atoms with Crippen molar-refractivity contribution in [2.75, 3.05) is 0 Å². The SMILES string of the molecule is CC12CC3CC(C1)CC(C(N)Cc1ccccc1Br)(C3)C2. The molecular formula is C19H26BrN. The van der Waals surface area contributed by atoms with Crippen LogP contribution in [-0.4, -0.2) is 6.04 Å². The maximum Gasteiger partial charge on any atom is 0.0207 e. The number of hydrogen-bond acceptors (Lipinski definition) is 1. The van der Waals surface area contributed by atoms with Gasteiger partial charge in [-0.3, -0.25) is 0 Å². The molecule has 3 atom stereocenters. The van der Waals surface area contributed by atoms with E-state index >= 15 is 0 Å². The second-order valence-corrected chi connectivity index (χ2v) is 9.39. The summed E-state index contributed by atoms with van der Waals surface area (Å²) in [7, 11) is 0. The monoisotopic (exact) mass is 347 g/mol. The van der Waals surface area contributed by atoms with Gasteiger partial charge in [-0.2, -0.15) is 0 Å². The van der Waals surface area contributed by atoms with Crippen LogP contribution in [-0.2, 0) is 6.42 Å². The Bertz CT molecular complexity index is 538. The smallest absolute Gasteiger partial charge is 0.0207 e. The molecule has 2 N–H and O–H groups in total. The summed E-state index contributed by atoms with van der Waals surface area (Å²) in [6, 6.07) is 8.91. The second-order valence-electron chi connectivity index (χ2n) is 8.54. The van der Waals surface area contributed by atoms with Gasteiger partial charge in [0.1, 0.15) is 0 Å². The molecule has 21 heavy (non-hydrogen) atoms. The van der Waals surface area contributed by atoms with Gasteiger partial charge in [-0.25, -0.2) is 0 Å². The van der Waals surface area contributed by atoms with Gasteiger partial charge in [-0.05, 0) is 79.2 Å². The van der Waals surface area contributed by atoms with Gasteiger partial charge in [0, 0.05) is 10.5 Å². The molecule has 1 nitrogen and oxygen atoms in total. The van der Waals surface area contributed by atoms with Crippen LogP contribution in [0.5, 0.6) is 0 Å². The summed E-state index contributed by atoms with van der Waals surface area (Å²) in [5.74, 6) is 1.92. The first-order chi connectivity index (χ1) is 9.98. The summed E-state index contributed by atoms with van der Waals surface area (Å²) in [6.07, 6.45) is 9.60. The molecule has 0 radical (unpaired) electrons. The van der Waals surface area contributed by atoms with Gasteiger partial charge < -0.3 is 5.73 Å². The van der Waals surface area contributed by atoms with Crippen LogP contribution in [0.3, 0.4) is 0 Å². The summed E-state index contributed by atoms with van der Waals surface area (Å²) < 4.78 is 1.22. The largest absolute Gasteiger partial charge is 0.327 e. The first-order valence-corrected chi connectivity index (χ1v) is 9.26. The second kappa shape index (κ2) is 4.83. The summed E-state index contributed by atoms with van der Waals surface area (Å²) in [4.78, 5) is 0. The Labute approximate surface area is 136 Å². The van der Waals surface area contributed by atoms with Gasteiger partial charge >= 0.3 is 0 Å². The Balaban J connectivity index is 1.59. The molecule has 4 saturated carbocycles. The van der Waals surface area contributed by atoms with E-state index in [1.807, 2.05) is 0 Å². The van der Waals surface area contributed by atoms with E-state index in [2.05, 4.69) is 47.1 Å². The Hall–Kier alpha value is -0.340. The molecule has 0 amide bonds. The number of rotatable bonds is 3. The van der Waals surface area contributed by atoms with Crippen LogP contribution in [0.25, 0.3) is 0 Å². The molecular weight excluding hydrogens is 322 g/mol. The van der Waals surface area contributed by atoms with Crippen molar-refractivity contribution in [2.45, 2.75) is 57.9 Å². The molecule has 4 aliphatic rings. The van der Waals surface area contributed by atoms with E-state index < -0.39 is 0 Å². The van der Waals surface area contributed by atoms with Crippen molar-refractivity contribution in [3.8, 4) is 0 Å². The molecule has 5 rings (SSSR count). The molecule has 2 heteroatoms. The number of nitrogens with two attached hydrogens (primary N) is 1. The highest BCUT2D eigenvalue weighted by Gasteiger charge is 2.57. The lowest BCUT2D eigenvalue weighted by Gasteiger charge is -2.63. The standard InChI is InChI=1S/C19H26BrN/c1-18-8-13-6-14(9-18)11-19(10-13,12-18)17(21)7-15-4-2-3-5-16(15)20/h2-5,13-14,17H,6-12,21H2,1H3. The average Bonchev–Trinajstić information content (AvgIpc) is 2.38. The lowest BCUT2D eigenvalue weighted by molar-refractivity contribution is -0.112. The molecule has 0 spiro atoms. The zero-order valence-electron chi connectivity index (χ0n) is 12.9. The predicted octanol–water partition coefficient (Wildman–Crippen LogP) is 4.93. The van der Waals surface area contributed by atoms with Gasteiger partial charge in [-0.1, -0.05) is 41.1 Å². The minimum absolute atomic E-state index is 0.321. The summed E-state index contributed by atoms with van der Waals surface area (Å²) in [5, 5.41) is 0. The highest BCUT2D eigenvalue weighted by Crippen LogP contribution is 2.66. The van der Waals surface area contributed by atoms with E-state index in [1.165, 1.54) is 48.6 Å². The van der Waals surface area contributed by atoms with Crippen molar-refractivity contribution in [2.24, 2.45) is 28.4 Å². The maximum absolute atomic E-state index is 6.81. The number of halogens is 1. The quantitative estimate of drug-likeness (QED) is 0.824. The third-order valence-corrected chi connectivity index (χ3v) is 7.36. The third-order valence-electron chi connectivity index (χ3n) is 6.58. The van der Waals surface area contributed by atoms with Gasteiger partial charge in [-0.15, -0.1) is 0 Å². The Morgan fingerprint density at radius 2 is 1.86 bits per heavy atom. The predicted molar refractivity (Wildman–Crippen MR) is 91.0 cm³/mol. The third kappa shape index (κ3) is 2.39. The van der Waals surface area contributed by atoms with Crippen molar-refractivity contribution in [1.29, 1.82) is 0 Å². The lowest BCUT2D eigenvalue weighted by atomic mass is 9.43. The topological polar surface area (TPSA) is 26.0 Å². The molecule has 114 valence electrons. The van der Waals surface area contributed by atoms with Gasteiger partial charge in [0.2, 0.25) is 0 Å². The van der Waals surface area contributed by atoms with E-state index in [9.17, 15) is 0 Å². The van der Waals surface area contributed by atoms with Crippen molar-refractivity contribution in [1.82, 2.24) is 0 Å². The highest BCUT2D eigenvalue weighted by molar-refractivity contribution is 9.10. The van der Waals surface area contributed by atoms with E-state index in [-0.39, 0.29) is 0 Å². The fourth-order valence-electron chi connectivity index (χ4n) is 6.35. The maximum atomic E-state index is 6.81. The molecule has 0 heterocycles. The molecule has 0 aromatic heterocycles. The first-order valence-electron chi connectivity index (χ1n) is 8.47. The zero-order valence-corrected chi connectivity index (χ0v) is 14.5. The zero-order chi connectivity index (χ0) is 14.7. The molecule has 1 aromatic rings. The van der Waals surface area contributed by atoms with Gasteiger partial charge in [0.15, 0.2) is 0 Å². The van der Waals surface area contributed by atoms with Crippen LogP contribution in [0.2, 0.25) is 0 Å². The van der Waals surface area contributed by atoms with E-state index in [1.54, 1.807) is 0 Å². The fourth-order valence-corrected chi connectivity index (χ4v) is 6.80. The van der Waals surface area contributed by atoms with Crippen LogP contribution in [0.4, 0.5) is 0 Å². The number of benzene rings is 1. The van der Waals surface area contributed by atoms with Gasteiger partial charge in [0.05, 0.1) is 0 Å². The fraction of sp³-hybridized carbons (Fsp3) is 0.684. The summed E-state index contributed by atoms with van der Waals surface area (Å²) >= 11 is 3.69. The van der Waals surface area contributed by atoms with E-state index in [0.717, 1.165) is 18.3 Å². The first kappa shape index (κ1) is 14.3. The molecule has 4 bridgehead atoms. The van der Waals surface area contributed by atoms with Crippen molar-refractivity contribution in [3.05, 3.63) is 34.3 Å². The van der Waals surface area contributed by atoms with Crippen LogP contribution >= 0.6 is 15.9 Å². The Kier molecular flexibility index (Phi) is 3.28. The lowest BCUT2D eigenvalue weighted by Crippen LogP contribution is -2.58. The van der Waals surface area contributed by atoms with Crippen LogP contribution in [0.15, 0.2) is 28.7 Å². The van der Waals surface area contributed by atoms with Crippen molar-refractivity contribution < 1.29 is 0 Å². The molecule has 4 aliphatic carbocycles. The Morgan fingerprint density at radius 3 is 2.48 bits per heavy atom. The summed E-state index contributed by atoms with van der Waals surface area (Å²) in [6.45, 7) is 2.53. The molecule has 4 fully saturated rings. The molecule has 0 aliphatic heterocycles. The van der Waals surface area contributed by atoms with Gasteiger partial charge in [0.25, 0.3) is 0 Å². The van der Waals surface area contributed by atoms with Crippen LogP contribution in [0, 0.1) is 22.7 Å². The minimum Gasteiger partial charge on any atom is -0.327 e. The van der Waals surface area contributed by atoms with E-state index in [4.69, 9.17) is 5.73 Å². The minimum atomic E-state index is 0.321.